The summed E-state index contributed by atoms with van der Waals surface area (Å²) in [5, 5.41) is 0. The van der Waals surface area contributed by atoms with E-state index in [0.29, 0.717) is 10.5 Å². The topological polar surface area (TPSA) is 20.3 Å². The molecule has 0 fully saturated rings. The van der Waals surface area contributed by atoms with Crippen LogP contribution in [0, 0.1) is 12.7 Å². The third-order valence-corrected chi connectivity index (χ3v) is 2.39. The van der Waals surface area contributed by atoms with Crippen LogP contribution in [0.1, 0.15) is 22.8 Å². The lowest BCUT2D eigenvalue weighted by Crippen LogP contribution is -2.39. The summed E-state index contributed by atoms with van der Waals surface area (Å²) in [6.07, 6.45) is -4.49. The smallest absolute Gasteiger partial charge is 0.330 e. The van der Waals surface area contributed by atoms with Crippen molar-refractivity contribution in [2.75, 3.05) is 13.1 Å². The van der Waals surface area contributed by atoms with Gasteiger partial charge in [-0.3, -0.25) is 4.79 Å². The minimum Gasteiger partial charge on any atom is -0.330 e. The first-order valence-electron chi connectivity index (χ1n) is 5.36. The van der Waals surface area contributed by atoms with Crippen LogP contribution in [0.5, 0.6) is 0 Å². The van der Waals surface area contributed by atoms with Crippen molar-refractivity contribution in [1.82, 2.24) is 4.90 Å². The molecular weight excluding hydrogens is 250 g/mol. The molecule has 0 saturated carbocycles. The van der Waals surface area contributed by atoms with Crippen LogP contribution in [0.4, 0.5) is 17.6 Å². The lowest BCUT2D eigenvalue weighted by Gasteiger charge is -2.22. The first-order chi connectivity index (χ1) is 8.24. The van der Waals surface area contributed by atoms with Crippen molar-refractivity contribution < 1.29 is 22.4 Å². The molecule has 100 valence electrons. The van der Waals surface area contributed by atoms with Gasteiger partial charge in [0.05, 0.1) is 5.56 Å². The second kappa shape index (κ2) is 5.37. The summed E-state index contributed by atoms with van der Waals surface area (Å²) in [6, 6.07) is 3.77. The van der Waals surface area contributed by atoms with Gasteiger partial charge in [-0.15, -0.1) is 0 Å². The van der Waals surface area contributed by atoms with Gasteiger partial charge in [0.25, 0.3) is 5.91 Å². The van der Waals surface area contributed by atoms with Crippen molar-refractivity contribution in [2.45, 2.75) is 20.0 Å². The van der Waals surface area contributed by atoms with Gasteiger partial charge >= 0.3 is 6.18 Å². The summed E-state index contributed by atoms with van der Waals surface area (Å²) >= 11 is 0. The highest BCUT2D eigenvalue weighted by Crippen LogP contribution is 2.19. The number of hydrogen-bond acceptors (Lipinski definition) is 1. The van der Waals surface area contributed by atoms with Crippen LogP contribution in [0.15, 0.2) is 18.2 Å². The molecule has 0 N–H and O–H groups in total. The van der Waals surface area contributed by atoms with Crippen LogP contribution in [-0.2, 0) is 0 Å². The molecule has 0 aliphatic heterocycles. The molecule has 0 bridgehead atoms. The predicted molar refractivity (Wildman–Crippen MR) is 58.8 cm³/mol. The fourth-order valence-corrected chi connectivity index (χ4v) is 1.52. The molecule has 0 radical (unpaired) electrons. The van der Waals surface area contributed by atoms with Crippen molar-refractivity contribution in [3.8, 4) is 0 Å². The maximum atomic E-state index is 13.4. The molecule has 1 amide bonds. The van der Waals surface area contributed by atoms with Crippen LogP contribution < -0.4 is 0 Å². The Labute approximate surface area is 102 Å². The van der Waals surface area contributed by atoms with E-state index in [1.165, 1.54) is 19.1 Å². The summed E-state index contributed by atoms with van der Waals surface area (Å²) in [5.41, 5.74) is 0.281. The Bertz CT molecular complexity index is 442. The molecular formula is C12H13F4NO. The van der Waals surface area contributed by atoms with Crippen LogP contribution in [0.25, 0.3) is 0 Å². The number of hydrogen-bond donors (Lipinski definition) is 0. The highest BCUT2D eigenvalue weighted by atomic mass is 19.4. The average Bonchev–Trinajstić information content (AvgIpc) is 2.27. The van der Waals surface area contributed by atoms with Gasteiger partial charge in [0, 0.05) is 6.54 Å². The van der Waals surface area contributed by atoms with E-state index in [4.69, 9.17) is 0 Å². The minimum atomic E-state index is -4.49. The molecule has 6 heteroatoms. The van der Waals surface area contributed by atoms with Crippen molar-refractivity contribution in [2.24, 2.45) is 0 Å². The van der Waals surface area contributed by atoms with E-state index in [9.17, 15) is 22.4 Å². The van der Waals surface area contributed by atoms with Gasteiger partial charge in [-0.05, 0) is 26.0 Å². The molecule has 1 aromatic carbocycles. The van der Waals surface area contributed by atoms with Gasteiger partial charge in [0.15, 0.2) is 0 Å². The largest absolute Gasteiger partial charge is 0.406 e. The maximum Gasteiger partial charge on any atom is 0.406 e. The zero-order valence-electron chi connectivity index (χ0n) is 10.0. The number of amides is 1. The van der Waals surface area contributed by atoms with Gasteiger partial charge in [-0.1, -0.05) is 11.6 Å². The molecule has 2 nitrogen and oxygen atoms in total. The Morgan fingerprint density at radius 3 is 2.44 bits per heavy atom. The summed E-state index contributed by atoms with van der Waals surface area (Å²) in [4.78, 5) is 12.4. The van der Waals surface area contributed by atoms with Gasteiger partial charge in [-0.25, -0.2) is 4.39 Å². The highest BCUT2D eigenvalue weighted by molar-refractivity contribution is 5.94. The van der Waals surface area contributed by atoms with E-state index < -0.39 is 24.4 Å². The quantitative estimate of drug-likeness (QED) is 0.767. The molecule has 1 aromatic rings. The fraction of sp³-hybridized carbons (Fsp3) is 0.417. The Hall–Kier alpha value is -1.59. The highest BCUT2D eigenvalue weighted by Gasteiger charge is 2.33. The lowest BCUT2D eigenvalue weighted by molar-refractivity contribution is -0.140. The van der Waals surface area contributed by atoms with Crippen LogP contribution >= 0.6 is 0 Å². The van der Waals surface area contributed by atoms with Crippen molar-refractivity contribution >= 4 is 5.91 Å². The molecule has 0 unspecified atom stereocenters. The Balaban J connectivity index is 3.00. The van der Waals surface area contributed by atoms with Crippen molar-refractivity contribution in [1.29, 1.82) is 0 Å². The second-order valence-electron chi connectivity index (χ2n) is 3.92. The van der Waals surface area contributed by atoms with Crippen LogP contribution in [0.3, 0.4) is 0 Å². The van der Waals surface area contributed by atoms with Crippen molar-refractivity contribution in [3.63, 3.8) is 0 Å². The summed E-state index contributed by atoms with van der Waals surface area (Å²) < 4.78 is 50.2. The molecule has 0 atom stereocenters. The Morgan fingerprint density at radius 2 is 1.94 bits per heavy atom. The van der Waals surface area contributed by atoms with E-state index >= 15 is 0 Å². The van der Waals surface area contributed by atoms with Gasteiger partial charge < -0.3 is 4.90 Å². The van der Waals surface area contributed by atoms with E-state index in [-0.39, 0.29) is 12.1 Å². The third-order valence-electron chi connectivity index (χ3n) is 2.39. The number of benzene rings is 1. The number of nitrogens with zero attached hydrogens (tertiary/aromatic N) is 1. The molecule has 0 saturated heterocycles. The van der Waals surface area contributed by atoms with E-state index in [0.717, 1.165) is 6.07 Å². The SMILES string of the molecule is CCN(CC(F)(F)F)C(=O)c1cc(C)ccc1F. The Kier molecular flexibility index (Phi) is 4.32. The summed E-state index contributed by atoms with van der Waals surface area (Å²) in [7, 11) is 0. The molecule has 0 aliphatic rings. The molecule has 1 rings (SSSR count). The molecule has 0 aliphatic carbocycles. The predicted octanol–water partition coefficient (Wildman–Crippen LogP) is 3.16. The molecule has 0 aromatic heterocycles. The monoisotopic (exact) mass is 263 g/mol. The van der Waals surface area contributed by atoms with Crippen molar-refractivity contribution in [3.05, 3.63) is 35.1 Å². The normalized spacial score (nSPS) is 11.4. The lowest BCUT2D eigenvalue weighted by atomic mass is 10.1. The zero-order chi connectivity index (χ0) is 13.9. The van der Waals surface area contributed by atoms with E-state index in [2.05, 4.69) is 0 Å². The number of carbonyl (C=O) groups excluding carboxylic acids is 1. The summed E-state index contributed by atoms with van der Waals surface area (Å²) in [6.45, 7) is 1.54. The average molecular weight is 263 g/mol. The van der Waals surface area contributed by atoms with Gasteiger partial charge in [0.1, 0.15) is 12.4 Å². The molecule has 0 heterocycles. The van der Waals surface area contributed by atoms with Crippen LogP contribution in [-0.4, -0.2) is 30.1 Å². The number of carbonyl (C=O) groups is 1. The first-order valence-corrected chi connectivity index (χ1v) is 5.36. The summed E-state index contributed by atoms with van der Waals surface area (Å²) in [5.74, 6) is -1.76. The second-order valence-corrected chi connectivity index (χ2v) is 3.92. The van der Waals surface area contributed by atoms with Crippen LogP contribution in [0.2, 0.25) is 0 Å². The number of alkyl halides is 3. The zero-order valence-corrected chi connectivity index (χ0v) is 10.0. The first kappa shape index (κ1) is 14.5. The third kappa shape index (κ3) is 3.72. The minimum absolute atomic E-state index is 0.133. The molecule has 18 heavy (non-hydrogen) atoms. The van der Waals surface area contributed by atoms with E-state index in [1.807, 2.05) is 0 Å². The number of halogens is 4. The van der Waals surface area contributed by atoms with Gasteiger partial charge in [0.2, 0.25) is 0 Å². The number of aryl methyl sites for hydroxylation is 1. The molecule has 0 spiro atoms. The fourth-order valence-electron chi connectivity index (χ4n) is 1.52. The standard InChI is InChI=1S/C12H13F4NO/c1-3-17(7-12(14,15)16)11(18)9-6-8(2)4-5-10(9)13/h4-6H,3,7H2,1-2H3. The maximum absolute atomic E-state index is 13.4. The van der Waals surface area contributed by atoms with Gasteiger partial charge in [-0.2, -0.15) is 13.2 Å². The van der Waals surface area contributed by atoms with E-state index in [1.54, 1.807) is 6.92 Å². The Morgan fingerprint density at radius 1 is 1.33 bits per heavy atom. The number of rotatable bonds is 3.